The summed E-state index contributed by atoms with van der Waals surface area (Å²) in [5, 5.41) is 21.6. The third-order valence-corrected chi connectivity index (χ3v) is 6.18. The SMILES string of the molecule is CN1C[NH+](C)C(Cc2nc(C(=O)O)cc3c2[nH]c2ccc(O)cc23)=C1S(C)=O. The first-order valence-corrected chi connectivity index (χ1v) is 10.3. The highest BCUT2D eigenvalue weighted by Gasteiger charge is 2.32. The van der Waals surface area contributed by atoms with Crippen LogP contribution in [-0.2, 0) is 17.2 Å². The second kappa shape index (κ2) is 6.61. The van der Waals surface area contributed by atoms with E-state index in [9.17, 15) is 19.2 Å². The molecule has 1 aromatic carbocycles. The molecule has 2 atom stereocenters. The lowest BCUT2D eigenvalue weighted by molar-refractivity contribution is -0.841. The molecule has 0 spiro atoms. The number of hydrogen-bond donors (Lipinski definition) is 4. The number of quaternary nitrogens is 1. The average Bonchev–Trinajstić information content (AvgIpc) is 3.11. The van der Waals surface area contributed by atoms with Gasteiger partial charge in [0.1, 0.15) is 17.1 Å². The number of carbonyl (C=O) groups is 1. The van der Waals surface area contributed by atoms with Crippen LogP contribution in [0.15, 0.2) is 35.0 Å². The van der Waals surface area contributed by atoms with E-state index in [1.165, 1.54) is 6.07 Å². The number of rotatable bonds is 4. The van der Waals surface area contributed by atoms with Crippen LogP contribution in [0.4, 0.5) is 0 Å². The number of carboxylic acids is 1. The minimum absolute atomic E-state index is 0.0597. The minimum Gasteiger partial charge on any atom is -0.508 e. The first-order valence-electron chi connectivity index (χ1n) is 8.74. The molecule has 0 aliphatic carbocycles. The van der Waals surface area contributed by atoms with Crippen LogP contribution in [0.25, 0.3) is 21.8 Å². The van der Waals surface area contributed by atoms with Crippen molar-refractivity contribution in [3.8, 4) is 5.75 Å². The van der Waals surface area contributed by atoms with Gasteiger partial charge in [-0.15, -0.1) is 0 Å². The third kappa shape index (κ3) is 2.92. The normalized spacial score (nSPS) is 18.4. The van der Waals surface area contributed by atoms with Gasteiger partial charge in [0.05, 0.1) is 35.5 Å². The Bertz CT molecular complexity index is 1180. The molecule has 2 unspecified atom stereocenters. The van der Waals surface area contributed by atoms with Crippen LogP contribution in [0, 0.1) is 0 Å². The van der Waals surface area contributed by atoms with Crippen molar-refractivity contribution in [3.63, 3.8) is 0 Å². The molecule has 1 aliphatic rings. The van der Waals surface area contributed by atoms with Crippen molar-refractivity contribution < 1.29 is 24.1 Å². The third-order valence-electron chi connectivity index (χ3n) is 5.08. The average molecular weight is 401 g/mol. The number of aromatic carboxylic acids is 1. The maximum absolute atomic E-state index is 12.3. The number of nitrogens with zero attached hydrogens (tertiary/aromatic N) is 2. The lowest BCUT2D eigenvalue weighted by Crippen LogP contribution is -3.06. The van der Waals surface area contributed by atoms with Crippen LogP contribution in [0.1, 0.15) is 16.2 Å². The number of aromatic amines is 1. The number of allylic oxidation sites excluding steroid dienone is 1. The first kappa shape index (κ1) is 18.5. The first-order chi connectivity index (χ1) is 13.3. The number of nitrogens with one attached hydrogen (secondary N) is 2. The molecule has 1 aliphatic heterocycles. The zero-order valence-corrected chi connectivity index (χ0v) is 16.6. The highest BCUT2D eigenvalue weighted by molar-refractivity contribution is 7.88. The summed E-state index contributed by atoms with van der Waals surface area (Å²) in [5.74, 6) is -1.01. The summed E-state index contributed by atoms with van der Waals surface area (Å²) in [6.45, 7) is 0.687. The molecule has 3 heterocycles. The van der Waals surface area contributed by atoms with Gasteiger partial charge in [0.15, 0.2) is 11.7 Å². The fraction of sp³-hybridized carbons (Fsp3) is 0.263. The van der Waals surface area contributed by atoms with Crippen molar-refractivity contribution in [2.45, 2.75) is 6.42 Å². The van der Waals surface area contributed by atoms with E-state index in [0.29, 0.717) is 24.2 Å². The van der Waals surface area contributed by atoms with Crippen molar-refractivity contribution in [3.05, 3.63) is 46.4 Å². The van der Waals surface area contributed by atoms with E-state index in [1.54, 1.807) is 24.5 Å². The molecule has 3 aromatic rings. The van der Waals surface area contributed by atoms with Gasteiger partial charge in [-0.25, -0.2) is 9.78 Å². The Morgan fingerprint density at radius 3 is 2.79 bits per heavy atom. The predicted molar refractivity (Wildman–Crippen MR) is 107 cm³/mol. The number of phenolic OH excluding ortho intramolecular Hbond substituents is 1. The van der Waals surface area contributed by atoms with E-state index in [-0.39, 0.29) is 11.4 Å². The predicted octanol–water partition coefficient (Wildman–Crippen LogP) is 0.628. The van der Waals surface area contributed by atoms with Crippen LogP contribution in [0.2, 0.25) is 0 Å². The fourth-order valence-electron chi connectivity index (χ4n) is 3.91. The number of carboxylic acid groups (broad SMARTS) is 1. The number of aromatic hydroxyl groups is 1. The Morgan fingerprint density at radius 2 is 2.11 bits per heavy atom. The number of benzene rings is 1. The zero-order valence-electron chi connectivity index (χ0n) is 15.7. The molecular formula is C19H21N4O4S+. The molecule has 28 heavy (non-hydrogen) atoms. The van der Waals surface area contributed by atoms with Gasteiger partial charge in [-0.1, -0.05) is 0 Å². The zero-order chi connectivity index (χ0) is 20.2. The molecule has 4 rings (SSSR count). The molecule has 2 aromatic heterocycles. The van der Waals surface area contributed by atoms with Gasteiger partial charge < -0.3 is 20.1 Å². The quantitative estimate of drug-likeness (QED) is 0.510. The number of fused-ring (bicyclic) bond motifs is 3. The summed E-state index contributed by atoms with van der Waals surface area (Å²) in [4.78, 5) is 22.4. The van der Waals surface area contributed by atoms with Crippen molar-refractivity contribution in [2.75, 3.05) is 27.0 Å². The van der Waals surface area contributed by atoms with Crippen molar-refractivity contribution in [2.24, 2.45) is 0 Å². The maximum Gasteiger partial charge on any atom is 0.354 e. The molecule has 0 saturated carbocycles. The molecule has 0 fully saturated rings. The van der Waals surface area contributed by atoms with Gasteiger partial charge in [-0.2, -0.15) is 0 Å². The van der Waals surface area contributed by atoms with E-state index >= 15 is 0 Å². The molecule has 0 saturated heterocycles. The van der Waals surface area contributed by atoms with Crippen LogP contribution in [0.5, 0.6) is 5.75 Å². The van der Waals surface area contributed by atoms with Crippen molar-refractivity contribution >= 4 is 38.6 Å². The van der Waals surface area contributed by atoms with Gasteiger partial charge in [-0.3, -0.25) is 9.11 Å². The smallest absolute Gasteiger partial charge is 0.354 e. The van der Waals surface area contributed by atoms with Crippen LogP contribution >= 0.6 is 0 Å². The summed E-state index contributed by atoms with van der Waals surface area (Å²) in [6.07, 6.45) is 2.02. The topological polar surface area (TPSA) is 111 Å². The van der Waals surface area contributed by atoms with Gasteiger partial charge in [0.25, 0.3) is 0 Å². The summed E-state index contributed by atoms with van der Waals surface area (Å²) in [6, 6.07) is 6.45. The molecule has 0 bridgehead atoms. The number of phenols is 1. The Balaban J connectivity index is 1.97. The Kier molecular flexibility index (Phi) is 4.35. The van der Waals surface area contributed by atoms with Crippen molar-refractivity contribution in [1.82, 2.24) is 14.9 Å². The summed E-state index contributed by atoms with van der Waals surface area (Å²) in [7, 11) is 2.73. The molecule has 9 heteroatoms. The monoisotopic (exact) mass is 401 g/mol. The van der Waals surface area contributed by atoms with Gasteiger partial charge in [-0.05, 0) is 24.3 Å². The highest BCUT2D eigenvalue weighted by atomic mass is 32.2. The fourth-order valence-corrected chi connectivity index (χ4v) is 5.01. The lowest BCUT2D eigenvalue weighted by Gasteiger charge is -2.11. The number of pyridine rings is 1. The largest absolute Gasteiger partial charge is 0.508 e. The highest BCUT2D eigenvalue weighted by Crippen LogP contribution is 2.31. The van der Waals surface area contributed by atoms with Crippen molar-refractivity contribution in [1.29, 1.82) is 0 Å². The molecule has 0 radical (unpaired) electrons. The number of hydrogen-bond acceptors (Lipinski definition) is 5. The maximum atomic E-state index is 12.3. The molecule has 4 N–H and O–H groups in total. The summed E-state index contributed by atoms with van der Waals surface area (Å²) in [5.41, 5.74) is 2.97. The Morgan fingerprint density at radius 1 is 1.36 bits per heavy atom. The van der Waals surface area contributed by atoms with Gasteiger partial charge in [0.2, 0.25) is 0 Å². The van der Waals surface area contributed by atoms with E-state index in [2.05, 4.69) is 9.97 Å². The molecule has 8 nitrogen and oxygen atoms in total. The second-order valence-electron chi connectivity index (χ2n) is 7.09. The van der Waals surface area contributed by atoms with Gasteiger partial charge >= 0.3 is 5.97 Å². The summed E-state index contributed by atoms with van der Waals surface area (Å²) < 4.78 is 12.3. The van der Waals surface area contributed by atoms with E-state index in [4.69, 9.17) is 0 Å². The molecular weight excluding hydrogens is 380 g/mol. The summed E-state index contributed by atoms with van der Waals surface area (Å²) >= 11 is 0. The van der Waals surface area contributed by atoms with Crippen LogP contribution < -0.4 is 4.90 Å². The molecule has 0 amide bonds. The standard InChI is InChI=1S/C19H20N4O4S/c1-22-9-23(2)18(28(3)27)16(22)8-14-17-12(7-15(20-14)19(25)26)11-6-10(24)4-5-13(11)21-17/h4-7,21,24H,8-9H2,1-3H3,(H,25,26)/p+1. The minimum atomic E-state index is -1.16. The van der Waals surface area contributed by atoms with Crippen LogP contribution in [-0.4, -0.2) is 62.3 Å². The number of likely N-dealkylation sites (N-methyl/N-ethyl adjacent to an activating group) is 1. The van der Waals surface area contributed by atoms with E-state index in [1.807, 2.05) is 19.0 Å². The number of aromatic nitrogens is 2. The lowest BCUT2D eigenvalue weighted by atomic mass is 10.1. The van der Waals surface area contributed by atoms with E-state index < -0.39 is 16.8 Å². The van der Waals surface area contributed by atoms with E-state index in [0.717, 1.165) is 32.0 Å². The van der Waals surface area contributed by atoms with Gasteiger partial charge in [0, 0.05) is 29.6 Å². The second-order valence-corrected chi connectivity index (χ2v) is 8.38. The Hall–Kier alpha value is -2.91. The Labute approximate surface area is 163 Å². The molecule has 146 valence electrons. The van der Waals surface area contributed by atoms with Crippen LogP contribution in [0.3, 0.4) is 0 Å². The number of H-pyrrole nitrogens is 1.